The molecule has 30 heavy (non-hydrogen) atoms. The molecule has 0 spiro atoms. The van der Waals surface area contributed by atoms with E-state index in [0.717, 1.165) is 22.9 Å². The number of hydrogen-bond donors (Lipinski definition) is 1. The average Bonchev–Trinajstić information content (AvgIpc) is 2.77. The van der Waals surface area contributed by atoms with Crippen molar-refractivity contribution in [1.29, 1.82) is 0 Å². The van der Waals surface area contributed by atoms with Gasteiger partial charge in [-0.1, -0.05) is 64.5 Å². The Kier molecular flexibility index (Phi) is 8.29. The van der Waals surface area contributed by atoms with Gasteiger partial charge in [-0.3, -0.25) is 0 Å². The van der Waals surface area contributed by atoms with E-state index >= 15 is 0 Å². The van der Waals surface area contributed by atoms with Crippen LogP contribution in [0.5, 0.6) is 11.5 Å². The number of methoxy groups -OCH3 is 1. The van der Waals surface area contributed by atoms with Gasteiger partial charge in [-0.2, -0.15) is 0 Å². The van der Waals surface area contributed by atoms with Crippen molar-refractivity contribution in [3.8, 4) is 11.5 Å². The Morgan fingerprint density at radius 1 is 0.967 bits per heavy atom. The third kappa shape index (κ3) is 6.31. The second kappa shape index (κ2) is 11.1. The van der Waals surface area contributed by atoms with Gasteiger partial charge in [0.1, 0.15) is 12.4 Å². The first-order valence-electron chi connectivity index (χ1n) is 10.1. The van der Waals surface area contributed by atoms with Crippen LogP contribution in [-0.2, 0) is 19.6 Å². The molecule has 158 valence electrons. The van der Waals surface area contributed by atoms with Gasteiger partial charge >= 0.3 is 0 Å². The van der Waals surface area contributed by atoms with Gasteiger partial charge in [-0.15, -0.1) is 0 Å². The molecule has 0 saturated heterocycles. The van der Waals surface area contributed by atoms with Gasteiger partial charge < -0.3 is 14.8 Å². The smallest absolute Gasteiger partial charge is 0.162 e. The Morgan fingerprint density at radius 3 is 2.43 bits per heavy atom. The molecule has 0 saturated carbocycles. The molecular formula is C25H27BrFNO2. The highest BCUT2D eigenvalue weighted by Gasteiger charge is 2.12. The van der Waals surface area contributed by atoms with E-state index in [1.165, 1.54) is 11.6 Å². The molecule has 0 aliphatic carbocycles. The van der Waals surface area contributed by atoms with Gasteiger partial charge in [0, 0.05) is 22.6 Å². The van der Waals surface area contributed by atoms with Crippen LogP contribution in [-0.4, -0.2) is 13.2 Å². The van der Waals surface area contributed by atoms with E-state index in [2.05, 4.69) is 52.4 Å². The molecule has 0 aromatic heterocycles. The lowest BCUT2D eigenvalue weighted by Crippen LogP contribution is -2.26. The third-order valence-electron chi connectivity index (χ3n) is 5.02. The van der Waals surface area contributed by atoms with E-state index in [-0.39, 0.29) is 12.4 Å². The highest BCUT2D eigenvalue weighted by molar-refractivity contribution is 9.10. The molecule has 3 rings (SSSR count). The maximum absolute atomic E-state index is 13.8. The van der Waals surface area contributed by atoms with Gasteiger partial charge in [0.25, 0.3) is 0 Å². The van der Waals surface area contributed by atoms with Gasteiger partial charge in [0.05, 0.1) is 7.11 Å². The molecule has 0 aliphatic heterocycles. The standard InChI is InChI=1S/C25H27BrFNO2/c1-18(12-13-19-8-4-3-5-9-19)28-16-21-14-24(29-2)25(15-22(21)26)30-17-20-10-6-7-11-23(20)27/h3-11,14-15,18,28H,12-13,16-17H2,1-2H3. The summed E-state index contributed by atoms with van der Waals surface area (Å²) in [5, 5.41) is 3.57. The van der Waals surface area contributed by atoms with Gasteiger partial charge in [0.15, 0.2) is 11.5 Å². The van der Waals surface area contributed by atoms with E-state index < -0.39 is 0 Å². The molecule has 0 radical (unpaired) electrons. The molecule has 1 unspecified atom stereocenters. The zero-order chi connectivity index (χ0) is 21.3. The summed E-state index contributed by atoms with van der Waals surface area (Å²) in [4.78, 5) is 0. The first-order chi connectivity index (χ1) is 14.6. The quantitative estimate of drug-likeness (QED) is 0.377. The van der Waals surface area contributed by atoms with Crippen LogP contribution in [0, 0.1) is 5.82 Å². The summed E-state index contributed by atoms with van der Waals surface area (Å²) >= 11 is 3.63. The van der Waals surface area contributed by atoms with Crippen LogP contribution in [0.2, 0.25) is 0 Å². The van der Waals surface area contributed by atoms with Crippen LogP contribution in [0.1, 0.15) is 30.0 Å². The molecule has 3 nitrogen and oxygen atoms in total. The number of ether oxygens (including phenoxy) is 2. The van der Waals surface area contributed by atoms with Gasteiger partial charge in [-0.25, -0.2) is 4.39 Å². The minimum atomic E-state index is -0.277. The predicted molar refractivity (Wildman–Crippen MR) is 122 cm³/mol. The van der Waals surface area contributed by atoms with Crippen LogP contribution >= 0.6 is 15.9 Å². The zero-order valence-corrected chi connectivity index (χ0v) is 18.9. The zero-order valence-electron chi connectivity index (χ0n) is 17.3. The normalized spacial score (nSPS) is 11.9. The molecule has 0 amide bonds. The second-order valence-electron chi connectivity index (χ2n) is 7.28. The molecule has 3 aromatic carbocycles. The fraction of sp³-hybridized carbons (Fsp3) is 0.280. The maximum atomic E-state index is 13.8. The predicted octanol–water partition coefficient (Wildman–Crippen LogP) is 6.29. The Bertz CT molecular complexity index is 949. The van der Waals surface area contributed by atoms with Crippen LogP contribution in [0.25, 0.3) is 0 Å². The summed E-state index contributed by atoms with van der Waals surface area (Å²) in [6.45, 7) is 3.05. The maximum Gasteiger partial charge on any atom is 0.162 e. The highest BCUT2D eigenvalue weighted by Crippen LogP contribution is 2.34. The topological polar surface area (TPSA) is 30.5 Å². The van der Waals surface area contributed by atoms with E-state index in [1.54, 1.807) is 25.3 Å². The molecule has 3 aromatic rings. The minimum absolute atomic E-state index is 0.142. The number of benzene rings is 3. The van der Waals surface area contributed by atoms with Crippen molar-refractivity contribution in [2.75, 3.05) is 7.11 Å². The SMILES string of the molecule is COc1cc(CNC(C)CCc2ccccc2)c(Br)cc1OCc1ccccc1F. The fourth-order valence-corrected chi connectivity index (χ4v) is 3.63. The summed E-state index contributed by atoms with van der Waals surface area (Å²) in [5.41, 5.74) is 2.94. The number of rotatable bonds is 10. The highest BCUT2D eigenvalue weighted by atomic mass is 79.9. The van der Waals surface area contributed by atoms with E-state index in [1.807, 2.05) is 18.2 Å². The summed E-state index contributed by atoms with van der Waals surface area (Å²) in [7, 11) is 1.61. The Balaban J connectivity index is 1.58. The van der Waals surface area contributed by atoms with Crippen LogP contribution in [0.3, 0.4) is 0 Å². The summed E-state index contributed by atoms with van der Waals surface area (Å²) in [6.07, 6.45) is 2.10. The van der Waals surface area contributed by atoms with Gasteiger partial charge in [-0.05, 0) is 49.1 Å². The van der Waals surface area contributed by atoms with Crippen LogP contribution in [0.4, 0.5) is 4.39 Å². The van der Waals surface area contributed by atoms with E-state index in [0.29, 0.717) is 29.6 Å². The summed E-state index contributed by atoms with van der Waals surface area (Å²) in [6, 6.07) is 21.3. The fourth-order valence-electron chi connectivity index (χ4n) is 3.17. The molecular weight excluding hydrogens is 445 g/mol. The molecule has 0 fully saturated rings. The molecule has 0 heterocycles. The number of aryl methyl sites for hydroxylation is 1. The van der Waals surface area contributed by atoms with Crippen molar-refractivity contribution in [2.24, 2.45) is 0 Å². The number of hydrogen-bond acceptors (Lipinski definition) is 3. The van der Waals surface area contributed by atoms with Crippen molar-refractivity contribution < 1.29 is 13.9 Å². The van der Waals surface area contributed by atoms with Crippen molar-refractivity contribution in [1.82, 2.24) is 5.32 Å². The number of halogens is 2. The molecule has 1 N–H and O–H groups in total. The Hall–Kier alpha value is -2.37. The molecule has 1 atom stereocenters. The van der Waals surface area contributed by atoms with Crippen molar-refractivity contribution in [2.45, 2.75) is 39.0 Å². The lowest BCUT2D eigenvalue weighted by Gasteiger charge is -2.17. The summed E-state index contributed by atoms with van der Waals surface area (Å²) < 4.78 is 26.1. The second-order valence-corrected chi connectivity index (χ2v) is 8.14. The van der Waals surface area contributed by atoms with E-state index in [4.69, 9.17) is 9.47 Å². The Labute approximate surface area is 186 Å². The average molecular weight is 472 g/mol. The lowest BCUT2D eigenvalue weighted by atomic mass is 10.1. The molecule has 0 bridgehead atoms. The summed E-state index contributed by atoms with van der Waals surface area (Å²) in [5.74, 6) is 0.928. The van der Waals surface area contributed by atoms with Crippen molar-refractivity contribution in [3.63, 3.8) is 0 Å². The van der Waals surface area contributed by atoms with Crippen LogP contribution < -0.4 is 14.8 Å². The monoisotopic (exact) mass is 471 g/mol. The van der Waals surface area contributed by atoms with E-state index in [9.17, 15) is 4.39 Å². The van der Waals surface area contributed by atoms with Crippen molar-refractivity contribution in [3.05, 3.63) is 93.7 Å². The number of nitrogens with one attached hydrogen (secondary N) is 1. The lowest BCUT2D eigenvalue weighted by molar-refractivity contribution is 0.279. The first kappa shape index (κ1) is 22.3. The molecule has 0 aliphatic rings. The largest absolute Gasteiger partial charge is 0.493 e. The third-order valence-corrected chi connectivity index (χ3v) is 5.76. The minimum Gasteiger partial charge on any atom is -0.493 e. The van der Waals surface area contributed by atoms with Gasteiger partial charge in [0.2, 0.25) is 0 Å². The molecule has 5 heteroatoms. The first-order valence-corrected chi connectivity index (χ1v) is 10.9. The Morgan fingerprint density at radius 2 is 1.70 bits per heavy atom. The van der Waals surface area contributed by atoms with Crippen LogP contribution in [0.15, 0.2) is 71.2 Å². The van der Waals surface area contributed by atoms with Crippen molar-refractivity contribution >= 4 is 15.9 Å².